The summed E-state index contributed by atoms with van der Waals surface area (Å²) in [6.45, 7) is 3.31. The summed E-state index contributed by atoms with van der Waals surface area (Å²) in [5, 5.41) is 11.2. The molecule has 2 heterocycles. The molecule has 1 N–H and O–H groups in total. The number of carbonyl (C=O) groups excluding carboxylic acids is 1. The molecule has 2 saturated carbocycles. The van der Waals surface area contributed by atoms with Crippen LogP contribution in [0.1, 0.15) is 48.7 Å². The highest BCUT2D eigenvalue weighted by atomic mass is 16.5. The molecule has 132 valence electrons. The second-order valence-electron chi connectivity index (χ2n) is 6.96. The molecule has 4 rings (SSSR count). The highest BCUT2D eigenvalue weighted by molar-refractivity contribution is 5.92. The number of amides is 1. The van der Waals surface area contributed by atoms with Crippen molar-refractivity contribution in [1.29, 1.82) is 0 Å². The van der Waals surface area contributed by atoms with E-state index in [-0.39, 0.29) is 23.5 Å². The zero-order chi connectivity index (χ0) is 17.3. The Morgan fingerprint density at radius 3 is 3.04 bits per heavy atom. The lowest BCUT2D eigenvalue weighted by Crippen LogP contribution is -2.67. The highest BCUT2D eigenvalue weighted by Gasteiger charge is 2.59. The molecule has 2 aromatic heterocycles. The van der Waals surface area contributed by atoms with Gasteiger partial charge in [-0.2, -0.15) is 0 Å². The zero-order valence-corrected chi connectivity index (χ0v) is 14.4. The normalized spacial score (nSPS) is 23.7. The van der Waals surface area contributed by atoms with Gasteiger partial charge in [0.1, 0.15) is 0 Å². The number of rotatable bonds is 6. The maximum atomic E-state index is 12.5. The van der Waals surface area contributed by atoms with Crippen molar-refractivity contribution >= 4 is 5.91 Å². The SMILES string of the molecule is CCO[C@@H]1C[C@H](NC(=O)c2cn(Cc3cccnc3)nn2)C12CCC2. The molecule has 2 fully saturated rings. The van der Waals surface area contributed by atoms with Gasteiger partial charge in [-0.3, -0.25) is 9.78 Å². The van der Waals surface area contributed by atoms with Crippen LogP contribution in [-0.4, -0.2) is 44.6 Å². The van der Waals surface area contributed by atoms with Crippen LogP contribution < -0.4 is 5.32 Å². The minimum absolute atomic E-state index is 0.149. The molecular formula is C18H23N5O2. The third-order valence-corrected chi connectivity index (χ3v) is 5.58. The minimum atomic E-state index is -0.149. The molecule has 0 saturated heterocycles. The molecular weight excluding hydrogens is 318 g/mol. The summed E-state index contributed by atoms with van der Waals surface area (Å²) in [5.74, 6) is -0.149. The fourth-order valence-corrected chi connectivity index (χ4v) is 4.03. The Labute approximate surface area is 146 Å². The van der Waals surface area contributed by atoms with Crippen LogP contribution in [0.5, 0.6) is 0 Å². The average molecular weight is 341 g/mol. The Bertz CT molecular complexity index is 741. The Morgan fingerprint density at radius 1 is 1.48 bits per heavy atom. The van der Waals surface area contributed by atoms with Gasteiger partial charge in [0.15, 0.2) is 5.69 Å². The topological polar surface area (TPSA) is 81.9 Å². The van der Waals surface area contributed by atoms with Crippen LogP contribution in [0, 0.1) is 5.41 Å². The van der Waals surface area contributed by atoms with Crippen LogP contribution in [0.25, 0.3) is 0 Å². The fourth-order valence-electron chi connectivity index (χ4n) is 4.03. The molecule has 1 amide bonds. The lowest BCUT2D eigenvalue weighted by atomic mass is 9.51. The van der Waals surface area contributed by atoms with E-state index in [4.69, 9.17) is 4.74 Å². The first-order chi connectivity index (χ1) is 12.2. The number of nitrogens with one attached hydrogen (secondary N) is 1. The maximum absolute atomic E-state index is 12.5. The van der Waals surface area contributed by atoms with E-state index in [2.05, 4.69) is 20.6 Å². The van der Waals surface area contributed by atoms with E-state index >= 15 is 0 Å². The lowest BCUT2D eigenvalue weighted by molar-refractivity contribution is -0.169. The maximum Gasteiger partial charge on any atom is 0.273 e. The fraction of sp³-hybridized carbons (Fsp3) is 0.556. The third kappa shape index (κ3) is 2.93. The summed E-state index contributed by atoms with van der Waals surface area (Å²) >= 11 is 0. The first kappa shape index (κ1) is 16.2. The monoisotopic (exact) mass is 341 g/mol. The number of nitrogens with zero attached hydrogens (tertiary/aromatic N) is 4. The summed E-state index contributed by atoms with van der Waals surface area (Å²) < 4.78 is 7.50. The number of hydrogen-bond acceptors (Lipinski definition) is 5. The van der Waals surface area contributed by atoms with Crippen molar-refractivity contribution in [2.75, 3.05) is 6.61 Å². The largest absolute Gasteiger partial charge is 0.378 e. The van der Waals surface area contributed by atoms with E-state index in [9.17, 15) is 4.79 Å². The van der Waals surface area contributed by atoms with Gasteiger partial charge >= 0.3 is 0 Å². The van der Waals surface area contributed by atoms with Crippen molar-refractivity contribution in [3.05, 3.63) is 42.0 Å². The van der Waals surface area contributed by atoms with Gasteiger partial charge in [0.05, 0.1) is 18.8 Å². The Balaban J connectivity index is 1.38. The molecule has 1 spiro atoms. The van der Waals surface area contributed by atoms with Crippen LogP contribution in [-0.2, 0) is 11.3 Å². The van der Waals surface area contributed by atoms with Crippen LogP contribution in [0.2, 0.25) is 0 Å². The molecule has 2 aromatic rings. The summed E-state index contributed by atoms with van der Waals surface area (Å²) in [5.41, 5.74) is 1.53. The number of carbonyl (C=O) groups is 1. The first-order valence-electron chi connectivity index (χ1n) is 8.93. The predicted molar refractivity (Wildman–Crippen MR) is 90.9 cm³/mol. The lowest BCUT2D eigenvalue weighted by Gasteiger charge is -2.60. The molecule has 7 nitrogen and oxygen atoms in total. The van der Waals surface area contributed by atoms with Crippen LogP contribution in [0.15, 0.2) is 30.7 Å². The second kappa shape index (κ2) is 6.55. The quantitative estimate of drug-likeness (QED) is 0.866. The molecule has 7 heteroatoms. The molecule has 0 unspecified atom stereocenters. The van der Waals surface area contributed by atoms with Crippen molar-refractivity contribution in [3.63, 3.8) is 0 Å². The van der Waals surface area contributed by atoms with Crippen molar-refractivity contribution in [2.45, 2.75) is 51.3 Å². The first-order valence-corrected chi connectivity index (χ1v) is 8.93. The number of ether oxygens (including phenoxy) is 1. The van der Waals surface area contributed by atoms with Gasteiger partial charge in [-0.05, 0) is 37.8 Å². The van der Waals surface area contributed by atoms with E-state index in [1.54, 1.807) is 23.3 Å². The van der Waals surface area contributed by atoms with Gasteiger partial charge in [0.2, 0.25) is 0 Å². The number of hydrogen-bond donors (Lipinski definition) is 1. The van der Waals surface area contributed by atoms with Crippen molar-refractivity contribution in [2.24, 2.45) is 5.41 Å². The van der Waals surface area contributed by atoms with E-state index in [1.165, 1.54) is 6.42 Å². The van der Waals surface area contributed by atoms with Crippen molar-refractivity contribution in [1.82, 2.24) is 25.3 Å². The Hall–Kier alpha value is -2.28. The number of pyridine rings is 1. The van der Waals surface area contributed by atoms with Gasteiger partial charge in [0.25, 0.3) is 5.91 Å². The summed E-state index contributed by atoms with van der Waals surface area (Å²) in [4.78, 5) is 16.6. The molecule has 0 aliphatic heterocycles. The van der Waals surface area contributed by atoms with Crippen LogP contribution in [0.3, 0.4) is 0 Å². The van der Waals surface area contributed by atoms with Gasteiger partial charge in [-0.1, -0.05) is 17.7 Å². The van der Waals surface area contributed by atoms with Gasteiger partial charge in [-0.25, -0.2) is 4.68 Å². The van der Waals surface area contributed by atoms with Crippen molar-refractivity contribution < 1.29 is 9.53 Å². The smallest absolute Gasteiger partial charge is 0.273 e. The predicted octanol–water partition coefficient (Wildman–Crippen LogP) is 1.80. The van der Waals surface area contributed by atoms with E-state index in [1.807, 2.05) is 19.1 Å². The zero-order valence-electron chi connectivity index (χ0n) is 14.4. The summed E-state index contributed by atoms with van der Waals surface area (Å²) in [6.07, 6.45) is 9.87. The van der Waals surface area contributed by atoms with E-state index in [0.29, 0.717) is 12.2 Å². The Morgan fingerprint density at radius 2 is 2.36 bits per heavy atom. The molecule has 0 aromatic carbocycles. The number of aromatic nitrogens is 4. The highest BCUT2D eigenvalue weighted by Crippen LogP contribution is 2.57. The summed E-state index contributed by atoms with van der Waals surface area (Å²) in [7, 11) is 0. The van der Waals surface area contributed by atoms with Crippen molar-refractivity contribution in [3.8, 4) is 0 Å². The van der Waals surface area contributed by atoms with Gasteiger partial charge in [0, 0.05) is 30.5 Å². The van der Waals surface area contributed by atoms with Crippen LogP contribution in [0.4, 0.5) is 0 Å². The molecule has 2 aliphatic carbocycles. The third-order valence-electron chi connectivity index (χ3n) is 5.58. The average Bonchev–Trinajstić information content (AvgIpc) is 3.01. The molecule has 25 heavy (non-hydrogen) atoms. The summed E-state index contributed by atoms with van der Waals surface area (Å²) in [6, 6.07) is 4.04. The van der Waals surface area contributed by atoms with E-state index < -0.39 is 0 Å². The minimum Gasteiger partial charge on any atom is -0.378 e. The molecule has 0 radical (unpaired) electrons. The Kier molecular flexibility index (Phi) is 4.25. The standard InChI is InChI=1S/C18H23N5O2/c1-2-25-16-9-15(18(16)6-4-7-18)20-17(24)14-12-23(22-21-14)11-13-5-3-8-19-10-13/h3,5,8,10,12,15-16H,2,4,6-7,9,11H2,1H3,(H,20,24)/t15-,16+/m0/s1. The molecule has 2 atom stereocenters. The second-order valence-corrected chi connectivity index (χ2v) is 6.96. The van der Waals surface area contributed by atoms with Crippen LogP contribution >= 0.6 is 0 Å². The van der Waals surface area contributed by atoms with Gasteiger partial charge in [-0.15, -0.1) is 5.10 Å². The van der Waals surface area contributed by atoms with Gasteiger partial charge < -0.3 is 10.1 Å². The molecule has 0 bridgehead atoms. The van der Waals surface area contributed by atoms with E-state index in [0.717, 1.165) is 31.4 Å². The molecule has 2 aliphatic rings.